The van der Waals surface area contributed by atoms with Crippen LogP contribution in [-0.2, 0) is 65.4 Å². The molecule has 0 amide bonds. The van der Waals surface area contributed by atoms with Crippen molar-refractivity contribution in [1.82, 2.24) is 0 Å². The molecule has 0 aromatic heterocycles. The summed E-state index contributed by atoms with van der Waals surface area (Å²) < 4.78 is 68.6. The summed E-state index contributed by atoms with van der Waals surface area (Å²) >= 11 is 0. The van der Waals surface area contributed by atoms with E-state index in [1.54, 1.807) is 0 Å². The van der Waals surface area contributed by atoms with Crippen LogP contribution in [0.1, 0.15) is 420 Å². The zero-order chi connectivity index (χ0) is 72.8. The normalized spacial score (nSPS) is 13.9. The zero-order valence-electron chi connectivity index (χ0n) is 64.8. The molecule has 0 spiro atoms. The van der Waals surface area contributed by atoms with Gasteiger partial charge in [0, 0.05) is 25.7 Å². The average Bonchev–Trinajstić information content (AvgIpc) is 1.01. The van der Waals surface area contributed by atoms with Crippen molar-refractivity contribution < 1.29 is 80.2 Å². The van der Waals surface area contributed by atoms with Crippen LogP contribution >= 0.6 is 15.6 Å². The van der Waals surface area contributed by atoms with Crippen molar-refractivity contribution in [3.63, 3.8) is 0 Å². The Morgan fingerprint density at radius 3 is 0.687 bits per heavy atom. The van der Waals surface area contributed by atoms with E-state index < -0.39 is 97.5 Å². The van der Waals surface area contributed by atoms with Gasteiger partial charge in [0.2, 0.25) is 0 Å². The highest BCUT2D eigenvalue weighted by Crippen LogP contribution is 2.45. The lowest BCUT2D eigenvalue weighted by molar-refractivity contribution is -0.161. The number of hydrogen-bond acceptors (Lipinski definition) is 15. The molecule has 0 aliphatic heterocycles. The maximum absolute atomic E-state index is 13.1. The van der Waals surface area contributed by atoms with Crippen molar-refractivity contribution in [2.75, 3.05) is 39.6 Å². The van der Waals surface area contributed by atoms with Crippen LogP contribution in [0.5, 0.6) is 0 Å². The van der Waals surface area contributed by atoms with E-state index >= 15 is 0 Å². The Balaban J connectivity index is 5.21. The molecule has 0 saturated heterocycles. The molecule has 5 atom stereocenters. The van der Waals surface area contributed by atoms with E-state index in [1.165, 1.54) is 231 Å². The molecule has 0 saturated carbocycles. The van der Waals surface area contributed by atoms with E-state index in [1.807, 2.05) is 0 Å². The molecule has 19 heteroatoms. The Morgan fingerprint density at radius 1 is 0.273 bits per heavy atom. The lowest BCUT2D eigenvalue weighted by Gasteiger charge is -2.21. The fourth-order valence-corrected chi connectivity index (χ4v) is 13.9. The summed E-state index contributed by atoms with van der Waals surface area (Å²) in [5.41, 5.74) is 0. The van der Waals surface area contributed by atoms with Crippen LogP contribution < -0.4 is 0 Å². The number of hydrogen-bond donors (Lipinski definition) is 3. The highest BCUT2D eigenvalue weighted by molar-refractivity contribution is 7.47. The molecular weight excluding hydrogens is 1290 g/mol. The van der Waals surface area contributed by atoms with E-state index in [9.17, 15) is 43.2 Å². The molecule has 0 radical (unpaired) electrons. The first kappa shape index (κ1) is 97.1. The number of esters is 4. The third-order valence-electron chi connectivity index (χ3n) is 18.7. The molecule has 0 aliphatic rings. The molecule has 0 bridgehead atoms. The summed E-state index contributed by atoms with van der Waals surface area (Å²) in [5, 5.41) is 10.6. The second kappa shape index (κ2) is 71.7. The van der Waals surface area contributed by atoms with Gasteiger partial charge in [-0.15, -0.1) is 0 Å². The smallest absolute Gasteiger partial charge is 0.462 e. The van der Waals surface area contributed by atoms with Crippen LogP contribution in [0.25, 0.3) is 0 Å². The van der Waals surface area contributed by atoms with Crippen molar-refractivity contribution in [2.45, 2.75) is 439 Å². The van der Waals surface area contributed by atoms with E-state index in [0.717, 1.165) is 108 Å². The predicted octanol–water partition coefficient (Wildman–Crippen LogP) is 23.9. The molecule has 2 unspecified atom stereocenters. The quantitative estimate of drug-likeness (QED) is 0.0222. The number of aliphatic hydroxyl groups excluding tert-OH is 1. The number of carbonyl (C=O) groups is 4. The van der Waals surface area contributed by atoms with Crippen molar-refractivity contribution in [3.8, 4) is 0 Å². The minimum atomic E-state index is -4.96. The summed E-state index contributed by atoms with van der Waals surface area (Å²) in [6.45, 7) is 9.64. The van der Waals surface area contributed by atoms with Crippen LogP contribution in [0.3, 0.4) is 0 Å². The maximum Gasteiger partial charge on any atom is 0.472 e. The Hall–Kier alpha value is -1.94. The van der Waals surface area contributed by atoms with Crippen LogP contribution in [-0.4, -0.2) is 96.7 Å². The number of rotatable bonds is 79. The largest absolute Gasteiger partial charge is 0.472 e. The van der Waals surface area contributed by atoms with E-state index in [0.29, 0.717) is 25.7 Å². The Morgan fingerprint density at radius 2 is 0.465 bits per heavy atom. The molecular formula is C80H156O17P2. The molecule has 0 aromatic rings. The van der Waals surface area contributed by atoms with Gasteiger partial charge in [0.1, 0.15) is 19.3 Å². The van der Waals surface area contributed by atoms with E-state index in [2.05, 4.69) is 41.5 Å². The first-order valence-electron chi connectivity index (χ1n) is 41.5. The van der Waals surface area contributed by atoms with Gasteiger partial charge in [-0.05, 0) is 37.5 Å². The van der Waals surface area contributed by atoms with Gasteiger partial charge in [0.15, 0.2) is 12.2 Å². The van der Waals surface area contributed by atoms with Crippen LogP contribution in [0.15, 0.2) is 0 Å². The van der Waals surface area contributed by atoms with Crippen LogP contribution in [0.4, 0.5) is 0 Å². The van der Waals surface area contributed by atoms with Gasteiger partial charge in [-0.1, -0.05) is 369 Å². The summed E-state index contributed by atoms with van der Waals surface area (Å²) in [4.78, 5) is 72.9. The standard InChI is InChI=1S/C80H156O17P2/c1-7-9-11-13-15-17-18-19-20-21-22-23-24-29-35-40-46-52-58-64-79(84)97-76(69-91-78(83)63-57-51-45-39-34-28-26-25-27-32-37-42-48-54-60-72(3)4)71-95-99(88,89)93-67-74(81)66-92-98(86,87)94-70-75(68-90-77(82)62-56-50-44-16-14-12-10-8-2)96-80(85)65-59-53-47-41-36-31-30-33-38-43-49-55-61-73(5)6/h72-76,81H,7-71H2,1-6H3,(H,86,87)(H,88,89)/t74-,75+,76+/m0/s1. The molecule has 0 rings (SSSR count). The van der Waals surface area contributed by atoms with E-state index in [4.69, 9.17) is 37.0 Å². The Bertz CT molecular complexity index is 1910. The lowest BCUT2D eigenvalue weighted by atomic mass is 10.0. The van der Waals surface area contributed by atoms with Gasteiger partial charge in [0.05, 0.1) is 26.4 Å². The van der Waals surface area contributed by atoms with Crippen molar-refractivity contribution in [2.24, 2.45) is 11.8 Å². The molecule has 3 N–H and O–H groups in total. The summed E-state index contributed by atoms with van der Waals surface area (Å²) in [6, 6.07) is 0. The van der Waals surface area contributed by atoms with Crippen LogP contribution in [0, 0.1) is 11.8 Å². The fourth-order valence-electron chi connectivity index (χ4n) is 12.4. The molecule has 0 fully saturated rings. The molecule has 99 heavy (non-hydrogen) atoms. The Kier molecular flexibility index (Phi) is 70.3. The van der Waals surface area contributed by atoms with Gasteiger partial charge in [-0.2, -0.15) is 0 Å². The van der Waals surface area contributed by atoms with Gasteiger partial charge in [0.25, 0.3) is 0 Å². The minimum Gasteiger partial charge on any atom is -0.462 e. The Labute approximate surface area is 607 Å². The maximum atomic E-state index is 13.1. The first-order chi connectivity index (χ1) is 47.9. The SMILES string of the molecule is CCCCCCCCCCCCCCCCCCCCCC(=O)O[C@H](COC(=O)CCCCCCCCCCCCCCCCC(C)C)COP(=O)(O)OC[C@@H](O)COP(=O)(O)OC[C@@H](COC(=O)CCCCCCCCCC)OC(=O)CCCCCCCCCCCCCCC(C)C. The molecule has 0 heterocycles. The highest BCUT2D eigenvalue weighted by atomic mass is 31.2. The molecule has 0 aliphatic carbocycles. The second-order valence-electron chi connectivity index (χ2n) is 29.8. The zero-order valence-corrected chi connectivity index (χ0v) is 66.6. The minimum absolute atomic E-state index is 0.107. The number of phosphoric ester groups is 2. The van der Waals surface area contributed by atoms with Crippen molar-refractivity contribution in [3.05, 3.63) is 0 Å². The van der Waals surface area contributed by atoms with Gasteiger partial charge in [-0.3, -0.25) is 37.3 Å². The third kappa shape index (κ3) is 74.1. The number of aliphatic hydroxyl groups is 1. The highest BCUT2D eigenvalue weighted by Gasteiger charge is 2.30. The van der Waals surface area contributed by atoms with Crippen molar-refractivity contribution >= 4 is 39.5 Å². The average molecular weight is 1450 g/mol. The summed E-state index contributed by atoms with van der Waals surface area (Å²) in [6.07, 6.45) is 61.1. The summed E-state index contributed by atoms with van der Waals surface area (Å²) in [7, 11) is -9.91. The van der Waals surface area contributed by atoms with Crippen molar-refractivity contribution in [1.29, 1.82) is 0 Å². The van der Waals surface area contributed by atoms with Gasteiger partial charge in [-0.25, -0.2) is 9.13 Å². The molecule has 17 nitrogen and oxygen atoms in total. The van der Waals surface area contributed by atoms with E-state index in [-0.39, 0.29) is 25.7 Å². The van der Waals surface area contributed by atoms with Crippen LogP contribution in [0.2, 0.25) is 0 Å². The lowest BCUT2D eigenvalue weighted by Crippen LogP contribution is -2.30. The number of phosphoric acid groups is 2. The van der Waals surface area contributed by atoms with Gasteiger partial charge >= 0.3 is 39.5 Å². The first-order valence-corrected chi connectivity index (χ1v) is 44.5. The molecule has 0 aromatic carbocycles. The second-order valence-corrected chi connectivity index (χ2v) is 32.7. The topological polar surface area (TPSA) is 237 Å². The monoisotopic (exact) mass is 1450 g/mol. The molecule has 588 valence electrons. The fraction of sp³-hybridized carbons (Fsp3) is 0.950. The predicted molar refractivity (Wildman–Crippen MR) is 405 cm³/mol. The number of ether oxygens (including phenoxy) is 4. The number of carbonyl (C=O) groups excluding carboxylic acids is 4. The van der Waals surface area contributed by atoms with Gasteiger partial charge < -0.3 is 33.8 Å². The third-order valence-corrected chi connectivity index (χ3v) is 20.6. The number of unbranched alkanes of at least 4 members (excludes halogenated alkanes) is 49. The summed E-state index contributed by atoms with van der Waals surface area (Å²) in [5.74, 6) is -0.536.